The van der Waals surface area contributed by atoms with Crippen LogP contribution in [0.25, 0.3) is 10.8 Å². The molecule has 1 heterocycles. The van der Waals surface area contributed by atoms with Gasteiger partial charge in [-0.1, -0.05) is 0 Å². The topological polar surface area (TPSA) is 80.7 Å². The maximum absolute atomic E-state index is 10.5. The molecule has 0 fully saturated rings. The number of carboxylic acid groups (broad SMARTS) is 1. The monoisotopic (exact) mass is 290 g/mol. The lowest BCUT2D eigenvalue weighted by molar-refractivity contribution is -0.137. The zero-order chi connectivity index (χ0) is 15.2. The number of hydrogen-bond donors (Lipinski definition) is 2. The van der Waals surface area contributed by atoms with Gasteiger partial charge in [0.05, 0.1) is 14.2 Å². The van der Waals surface area contributed by atoms with Gasteiger partial charge in [-0.05, 0) is 30.0 Å². The molecule has 0 saturated heterocycles. The van der Waals surface area contributed by atoms with Crippen molar-refractivity contribution in [2.24, 2.45) is 0 Å². The van der Waals surface area contributed by atoms with Crippen molar-refractivity contribution in [2.75, 3.05) is 26.1 Å². The van der Waals surface area contributed by atoms with Gasteiger partial charge >= 0.3 is 5.97 Å². The maximum Gasteiger partial charge on any atom is 0.303 e. The van der Waals surface area contributed by atoms with Gasteiger partial charge in [0.2, 0.25) is 0 Å². The highest BCUT2D eigenvalue weighted by molar-refractivity contribution is 5.94. The predicted octanol–water partition coefficient (Wildman–Crippen LogP) is 2.53. The van der Waals surface area contributed by atoms with E-state index >= 15 is 0 Å². The zero-order valence-corrected chi connectivity index (χ0v) is 12.0. The Kier molecular flexibility index (Phi) is 4.81. The average Bonchev–Trinajstić information content (AvgIpc) is 2.49. The molecule has 112 valence electrons. The maximum atomic E-state index is 10.5. The van der Waals surface area contributed by atoms with Crippen LogP contribution in [-0.2, 0) is 4.79 Å². The van der Waals surface area contributed by atoms with Crippen molar-refractivity contribution in [3.63, 3.8) is 0 Å². The molecule has 6 nitrogen and oxygen atoms in total. The van der Waals surface area contributed by atoms with Gasteiger partial charge in [0.1, 0.15) is 5.82 Å². The number of anilines is 1. The summed E-state index contributed by atoms with van der Waals surface area (Å²) in [6.45, 7) is 0.548. The van der Waals surface area contributed by atoms with E-state index in [1.54, 1.807) is 20.4 Å². The molecule has 0 spiro atoms. The summed E-state index contributed by atoms with van der Waals surface area (Å²) in [6.07, 6.45) is 2.38. The van der Waals surface area contributed by atoms with Crippen molar-refractivity contribution in [3.8, 4) is 11.5 Å². The molecule has 0 bridgehead atoms. The molecule has 0 unspecified atom stereocenters. The third-order valence-corrected chi connectivity index (χ3v) is 3.13. The summed E-state index contributed by atoms with van der Waals surface area (Å²) >= 11 is 0. The number of nitrogens with zero attached hydrogens (tertiary/aromatic N) is 1. The third kappa shape index (κ3) is 3.53. The highest BCUT2D eigenvalue weighted by Crippen LogP contribution is 2.34. The second kappa shape index (κ2) is 6.78. The molecule has 0 aliphatic carbocycles. The van der Waals surface area contributed by atoms with E-state index < -0.39 is 5.97 Å². The van der Waals surface area contributed by atoms with Gasteiger partial charge in [0.15, 0.2) is 11.5 Å². The van der Waals surface area contributed by atoms with Gasteiger partial charge in [-0.15, -0.1) is 0 Å². The lowest BCUT2D eigenvalue weighted by Crippen LogP contribution is -2.06. The van der Waals surface area contributed by atoms with Crippen molar-refractivity contribution in [1.29, 1.82) is 0 Å². The fourth-order valence-electron chi connectivity index (χ4n) is 2.09. The number of hydrogen-bond acceptors (Lipinski definition) is 5. The second-order valence-corrected chi connectivity index (χ2v) is 4.51. The molecule has 1 aromatic carbocycles. The Morgan fingerprint density at radius 1 is 1.29 bits per heavy atom. The van der Waals surface area contributed by atoms with E-state index in [0.29, 0.717) is 30.3 Å². The van der Waals surface area contributed by atoms with Crippen LogP contribution in [0.1, 0.15) is 12.8 Å². The van der Waals surface area contributed by atoms with Crippen LogP contribution >= 0.6 is 0 Å². The van der Waals surface area contributed by atoms with Crippen LogP contribution in [-0.4, -0.2) is 36.8 Å². The second-order valence-electron chi connectivity index (χ2n) is 4.51. The first kappa shape index (κ1) is 14.9. The fourth-order valence-corrected chi connectivity index (χ4v) is 2.09. The van der Waals surface area contributed by atoms with Crippen LogP contribution < -0.4 is 14.8 Å². The van der Waals surface area contributed by atoms with Gasteiger partial charge in [0, 0.05) is 24.5 Å². The lowest BCUT2D eigenvalue weighted by Gasteiger charge is -2.12. The molecule has 0 amide bonds. The number of fused-ring (bicyclic) bond motifs is 1. The number of nitrogens with one attached hydrogen (secondary N) is 1. The van der Waals surface area contributed by atoms with E-state index in [2.05, 4.69) is 10.3 Å². The Balaban J connectivity index is 2.25. The van der Waals surface area contributed by atoms with Crippen molar-refractivity contribution < 1.29 is 19.4 Å². The van der Waals surface area contributed by atoms with E-state index in [9.17, 15) is 4.79 Å². The van der Waals surface area contributed by atoms with Gasteiger partial charge in [-0.2, -0.15) is 0 Å². The van der Waals surface area contributed by atoms with Crippen LogP contribution in [0.15, 0.2) is 24.4 Å². The third-order valence-electron chi connectivity index (χ3n) is 3.13. The van der Waals surface area contributed by atoms with Gasteiger partial charge in [-0.25, -0.2) is 4.98 Å². The highest BCUT2D eigenvalue weighted by Gasteiger charge is 2.09. The molecular weight excluding hydrogens is 272 g/mol. The number of ether oxygens (including phenoxy) is 2. The molecule has 1 aromatic heterocycles. The molecule has 0 aliphatic heterocycles. The molecule has 2 aromatic rings. The summed E-state index contributed by atoms with van der Waals surface area (Å²) in [5.74, 6) is 1.20. The summed E-state index contributed by atoms with van der Waals surface area (Å²) < 4.78 is 10.6. The SMILES string of the molecule is COc1cc2ccnc(NCCCC(=O)O)c2cc1OC. The minimum Gasteiger partial charge on any atom is -0.493 e. The number of carbonyl (C=O) groups is 1. The normalized spacial score (nSPS) is 10.4. The summed E-state index contributed by atoms with van der Waals surface area (Å²) in [7, 11) is 3.18. The number of aliphatic carboxylic acids is 1. The minimum absolute atomic E-state index is 0.134. The largest absolute Gasteiger partial charge is 0.493 e. The zero-order valence-electron chi connectivity index (χ0n) is 12.0. The van der Waals surface area contributed by atoms with Gasteiger partial charge < -0.3 is 19.9 Å². The number of benzene rings is 1. The van der Waals surface area contributed by atoms with E-state index in [-0.39, 0.29) is 6.42 Å². The number of rotatable bonds is 7. The first-order valence-electron chi connectivity index (χ1n) is 6.62. The Hall–Kier alpha value is -2.50. The highest BCUT2D eigenvalue weighted by atomic mass is 16.5. The summed E-state index contributed by atoms with van der Waals surface area (Å²) in [6, 6.07) is 5.64. The van der Waals surface area contributed by atoms with Crippen LogP contribution in [0, 0.1) is 0 Å². The lowest BCUT2D eigenvalue weighted by atomic mass is 10.1. The standard InChI is InChI=1S/C15H18N2O4/c1-20-12-8-10-5-7-17-15(11(10)9-13(12)21-2)16-6-3-4-14(18)19/h5,7-9H,3-4,6H2,1-2H3,(H,16,17)(H,18,19). The molecule has 0 saturated carbocycles. The Morgan fingerprint density at radius 2 is 2.00 bits per heavy atom. The van der Waals surface area contributed by atoms with Crippen LogP contribution in [0.2, 0.25) is 0 Å². The van der Waals surface area contributed by atoms with E-state index in [4.69, 9.17) is 14.6 Å². The Bertz CT molecular complexity index is 643. The Morgan fingerprint density at radius 3 is 2.67 bits per heavy atom. The molecule has 2 rings (SSSR count). The summed E-state index contributed by atoms with van der Waals surface area (Å²) in [4.78, 5) is 14.8. The van der Waals surface area contributed by atoms with E-state index in [1.807, 2.05) is 18.2 Å². The van der Waals surface area contributed by atoms with Crippen LogP contribution in [0.3, 0.4) is 0 Å². The molecular formula is C15H18N2O4. The van der Waals surface area contributed by atoms with Gasteiger partial charge in [0.25, 0.3) is 0 Å². The van der Waals surface area contributed by atoms with Crippen molar-refractivity contribution in [2.45, 2.75) is 12.8 Å². The first-order chi connectivity index (χ1) is 10.2. The van der Waals surface area contributed by atoms with E-state index in [0.717, 1.165) is 10.8 Å². The smallest absolute Gasteiger partial charge is 0.303 e. The molecule has 0 atom stereocenters. The Labute approximate surface area is 122 Å². The minimum atomic E-state index is -0.797. The molecule has 2 N–H and O–H groups in total. The first-order valence-corrected chi connectivity index (χ1v) is 6.62. The fraction of sp³-hybridized carbons (Fsp3) is 0.333. The number of aromatic nitrogens is 1. The van der Waals surface area contributed by atoms with Crippen molar-refractivity contribution >= 4 is 22.6 Å². The number of pyridine rings is 1. The summed E-state index contributed by atoms with van der Waals surface area (Å²) in [5, 5.41) is 13.7. The molecule has 6 heteroatoms. The quantitative estimate of drug-likeness (QED) is 0.763. The summed E-state index contributed by atoms with van der Waals surface area (Å²) in [5.41, 5.74) is 0. The number of carboxylic acids is 1. The van der Waals surface area contributed by atoms with Crippen molar-refractivity contribution in [3.05, 3.63) is 24.4 Å². The molecule has 21 heavy (non-hydrogen) atoms. The molecule has 0 aliphatic rings. The molecule has 0 radical (unpaired) electrons. The van der Waals surface area contributed by atoms with E-state index in [1.165, 1.54) is 0 Å². The number of methoxy groups -OCH3 is 2. The van der Waals surface area contributed by atoms with Crippen molar-refractivity contribution in [1.82, 2.24) is 4.98 Å². The van der Waals surface area contributed by atoms with Crippen LogP contribution in [0.4, 0.5) is 5.82 Å². The predicted molar refractivity (Wildman–Crippen MR) is 80.2 cm³/mol. The average molecular weight is 290 g/mol. The van der Waals surface area contributed by atoms with Crippen LogP contribution in [0.5, 0.6) is 11.5 Å². The van der Waals surface area contributed by atoms with Gasteiger partial charge in [-0.3, -0.25) is 4.79 Å².